The Balaban J connectivity index is 1.69. The molecule has 1 atom stereocenters. The van der Waals surface area contributed by atoms with E-state index in [-0.39, 0.29) is 5.82 Å². The van der Waals surface area contributed by atoms with Crippen molar-refractivity contribution in [1.82, 2.24) is 15.5 Å². The maximum Gasteiger partial charge on any atom is 0.191 e. The number of rotatable bonds is 6. The van der Waals surface area contributed by atoms with E-state index in [0.29, 0.717) is 12.0 Å². The average molecular weight is 349 g/mol. The fraction of sp³-hybridized carbons (Fsp3) is 0.632. The van der Waals surface area contributed by atoms with Crippen molar-refractivity contribution < 1.29 is 4.39 Å². The molecule has 1 heterocycles. The van der Waals surface area contributed by atoms with E-state index in [2.05, 4.69) is 46.2 Å². The number of guanidine groups is 1. The normalized spacial score (nSPS) is 17.7. The fourth-order valence-corrected chi connectivity index (χ4v) is 2.79. The lowest BCUT2D eigenvalue weighted by molar-refractivity contribution is 0.261. The molecule has 5 nitrogen and oxygen atoms in total. The van der Waals surface area contributed by atoms with Crippen molar-refractivity contribution in [2.24, 2.45) is 10.9 Å². The van der Waals surface area contributed by atoms with Gasteiger partial charge in [0.1, 0.15) is 5.82 Å². The van der Waals surface area contributed by atoms with Crippen molar-refractivity contribution in [2.45, 2.75) is 26.8 Å². The first kappa shape index (κ1) is 19.5. The molecular weight excluding hydrogens is 317 g/mol. The van der Waals surface area contributed by atoms with Crippen molar-refractivity contribution in [3.8, 4) is 0 Å². The summed E-state index contributed by atoms with van der Waals surface area (Å²) in [5.74, 6) is 1.26. The molecule has 1 unspecified atom stereocenters. The summed E-state index contributed by atoms with van der Waals surface area (Å²) in [5, 5.41) is 6.81. The topological polar surface area (TPSA) is 42.9 Å². The minimum absolute atomic E-state index is 0.178. The first-order chi connectivity index (χ1) is 12.0. The monoisotopic (exact) mass is 349 g/mol. The predicted molar refractivity (Wildman–Crippen MR) is 104 cm³/mol. The number of nitrogens with zero attached hydrogens (tertiary/aromatic N) is 3. The molecule has 1 aliphatic rings. The molecule has 6 heteroatoms. The largest absolute Gasteiger partial charge is 0.369 e. The van der Waals surface area contributed by atoms with Crippen LogP contribution >= 0.6 is 0 Å². The van der Waals surface area contributed by atoms with Crippen molar-refractivity contribution in [2.75, 3.05) is 51.2 Å². The van der Waals surface area contributed by atoms with E-state index < -0.39 is 0 Å². The standard InChI is InChI=1S/C19H32FN5/c1-15(2)16(3)23-19(21-4)22-9-10-24-11-13-25(14-12-24)18-7-5-17(20)6-8-18/h5-8,15-16H,9-14H2,1-4H3,(H2,21,22,23). The Labute approximate surface area is 151 Å². The maximum atomic E-state index is 13.0. The van der Waals surface area contributed by atoms with Crippen LogP contribution in [0.5, 0.6) is 0 Å². The van der Waals surface area contributed by atoms with Gasteiger partial charge in [0.2, 0.25) is 0 Å². The second kappa shape index (κ2) is 9.61. The van der Waals surface area contributed by atoms with Gasteiger partial charge < -0.3 is 15.5 Å². The number of aliphatic imine (C=N–C) groups is 1. The molecule has 0 aromatic heterocycles. The summed E-state index contributed by atoms with van der Waals surface area (Å²) in [7, 11) is 1.81. The Bertz CT molecular complexity index is 535. The summed E-state index contributed by atoms with van der Waals surface area (Å²) in [5.41, 5.74) is 1.10. The van der Waals surface area contributed by atoms with Crippen molar-refractivity contribution in [3.63, 3.8) is 0 Å². The quantitative estimate of drug-likeness (QED) is 0.610. The van der Waals surface area contributed by atoms with Crippen molar-refractivity contribution in [1.29, 1.82) is 0 Å². The lowest BCUT2D eigenvalue weighted by Gasteiger charge is -2.36. The van der Waals surface area contributed by atoms with Crippen LogP contribution in [0.15, 0.2) is 29.3 Å². The highest BCUT2D eigenvalue weighted by Gasteiger charge is 2.17. The van der Waals surface area contributed by atoms with Gasteiger partial charge >= 0.3 is 0 Å². The van der Waals surface area contributed by atoms with Gasteiger partial charge in [0.25, 0.3) is 0 Å². The van der Waals surface area contributed by atoms with Gasteiger partial charge in [-0.15, -0.1) is 0 Å². The second-order valence-corrected chi connectivity index (χ2v) is 6.98. The molecule has 140 valence electrons. The molecule has 0 aliphatic carbocycles. The number of halogens is 1. The van der Waals surface area contributed by atoms with E-state index in [0.717, 1.165) is 50.9 Å². The summed E-state index contributed by atoms with van der Waals surface area (Å²) in [4.78, 5) is 9.05. The van der Waals surface area contributed by atoms with E-state index in [1.54, 1.807) is 0 Å². The van der Waals surface area contributed by atoms with Crippen LogP contribution in [0.3, 0.4) is 0 Å². The van der Waals surface area contributed by atoms with Gasteiger partial charge in [-0.1, -0.05) is 13.8 Å². The van der Waals surface area contributed by atoms with Gasteiger partial charge in [0.15, 0.2) is 5.96 Å². The van der Waals surface area contributed by atoms with E-state index >= 15 is 0 Å². The summed E-state index contributed by atoms with van der Waals surface area (Å²) >= 11 is 0. The van der Waals surface area contributed by atoms with Crippen LogP contribution in [0.25, 0.3) is 0 Å². The molecule has 1 saturated heterocycles. The third-order valence-electron chi connectivity index (χ3n) is 4.87. The van der Waals surface area contributed by atoms with Crippen LogP contribution in [0.2, 0.25) is 0 Å². The Kier molecular flexibility index (Phi) is 7.50. The van der Waals surface area contributed by atoms with Crippen LogP contribution < -0.4 is 15.5 Å². The number of piperazine rings is 1. The molecule has 1 aromatic carbocycles. The number of hydrogen-bond acceptors (Lipinski definition) is 3. The minimum atomic E-state index is -0.178. The Hall–Kier alpha value is -1.82. The van der Waals surface area contributed by atoms with Gasteiger partial charge in [-0.2, -0.15) is 0 Å². The highest BCUT2D eigenvalue weighted by Crippen LogP contribution is 2.16. The molecule has 1 fully saturated rings. The SMILES string of the molecule is CN=C(NCCN1CCN(c2ccc(F)cc2)CC1)NC(C)C(C)C. The molecule has 2 N–H and O–H groups in total. The fourth-order valence-electron chi connectivity index (χ4n) is 2.79. The van der Waals surface area contributed by atoms with Gasteiger partial charge in [0, 0.05) is 58.0 Å². The molecule has 2 rings (SSSR count). The van der Waals surface area contributed by atoms with Crippen LogP contribution in [-0.2, 0) is 0 Å². The Morgan fingerprint density at radius 1 is 1.12 bits per heavy atom. The number of anilines is 1. The van der Waals surface area contributed by atoms with E-state index in [1.807, 2.05) is 19.2 Å². The molecule has 0 bridgehead atoms. The van der Waals surface area contributed by atoms with E-state index in [1.165, 1.54) is 12.1 Å². The van der Waals surface area contributed by atoms with Crippen LogP contribution in [-0.4, -0.2) is 63.2 Å². The maximum absolute atomic E-state index is 13.0. The molecule has 0 saturated carbocycles. The van der Waals surface area contributed by atoms with Crippen molar-refractivity contribution >= 4 is 11.6 Å². The number of benzene rings is 1. The predicted octanol–water partition coefficient (Wildman–Crippen LogP) is 2.16. The zero-order valence-corrected chi connectivity index (χ0v) is 15.9. The smallest absolute Gasteiger partial charge is 0.191 e. The highest BCUT2D eigenvalue weighted by atomic mass is 19.1. The van der Waals surface area contributed by atoms with Gasteiger partial charge in [-0.3, -0.25) is 9.89 Å². The highest BCUT2D eigenvalue weighted by molar-refractivity contribution is 5.79. The lowest BCUT2D eigenvalue weighted by atomic mass is 10.1. The van der Waals surface area contributed by atoms with Crippen molar-refractivity contribution in [3.05, 3.63) is 30.1 Å². The van der Waals surface area contributed by atoms with E-state index in [9.17, 15) is 4.39 Å². The zero-order chi connectivity index (χ0) is 18.2. The second-order valence-electron chi connectivity index (χ2n) is 6.98. The molecule has 1 aliphatic heterocycles. The minimum Gasteiger partial charge on any atom is -0.369 e. The third kappa shape index (κ3) is 6.20. The Morgan fingerprint density at radius 3 is 2.32 bits per heavy atom. The first-order valence-electron chi connectivity index (χ1n) is 9.19. The average Bonchev–Trinajstić information content (AvgIpc) is 2.62. The van der Waals surface area contributed by atoms with Gasteiger partial charge in [-0.25, -0.2) is 4.39 Å². The summed E-state index contributed by atoms with van der Waals surface area (Å²) in [6, 6.07) is 7.17. The Morgan fingerprint density at radius 2 is 1.76 bits per heavy atom. The third-order valence-corrected chi connectivity index (χ3v) is 4.87. The van der Waals surface area contributed by atoms with Crippen LogP contribution in [0.1, 0.15) is 20.8 Å². The summed E-state index contributed by atoms with van der Waals surface area (Å²) in [6.07, 6.45) is 0. The summed E-state index contributed by atoms with van der Waals surface area (Å²) in [6.45, 7) is 12.4. The van der Waals surface area contributed by atoms with E-state index in [4.69, 9.17) is 0 Å². The molecule has 0 radical (unpaired) electrons. The molecule has 1 aromatic rings. The van der Waals surface area contributed by atoms with Gasteiger partial charge in [-0.05, 0) is 37.1 Å². The first-order valence-corrected chi connectivity index (χ1v) is 9.19. The zero-order valence-electron chi connectivity index (χ0n) is 15.9. The van der Waals surface area contributed by atoms with Gasteiger partial charge in [0.05, 0.1) is 0 Å². The lowest BCUT2D eigenvalue weighted by Crippen LogP contribution is -2.50. The summed E-state index contributed by atoms with van der Waals surface area (Å²) < 4.78 is 13.0. The molecule has 25 heavy (non-hydrogen) atoms. The number of nitrogens with one attached hydrogen (secondary N) is 2. The molecular formula is C19H32FN5. The number of hydrogen-bond donors (Lipinski definition) is 2. The molecule has 0 spiro atoms. The molecule has 0 amide bonds. The van der Waals surface area contributed by atoms with Crippen LogP contribution in [0, 0.1) is 11.7 Å². The van der Waals surface area contributed by atoms with Crippen LogP contribution in [0.4, 0.5) is 10.1 Å².